The number of carbonyl (C=O) groups excluding carboxylic acids is 1. The number of ether oxygens (including phenoxy) is 1. The van der Waals surface area contributed by atoms with Gasteiger partial charge in [-0.15, -0.1) is 0 Å². The average Bonchev–Trinajstić information content (AvgIpc) is 2.55. The van der Waals surface area contributed by atoms with Gasteiger partial charge in [-0.3, -0.25) is 9.79 Å². The van der Waals surface area contributed by atoms with E-state index in [1.165, 1.54) is 19.3 Å². The van der Waals surface area contributed by atoms with Crippen molar-refractivity contribution in [2.75, 3.05) is 25.0 Å². The lowest BCUT2D eigenvalue weighted by atomic mass is 10.1. The Morgan fingerprint density at radius 1 is 1.22 bits per heavy atom. The van der Waals surface area contributed by atoms with Gasteiger partial charge in [-0.05, 0) is 45.2 Å². The topological polar surface area (TPSA) is 53.9 Å². The van der Waals surface area contributed by atoms with Gasteiger partial charge in [0.1, 0.15) is 0 Å². The van der Waals surface area contributed by atoms with Gasteiger partial charge in [0.2, 0.25) is 0 Å². The molecule has 1 aliphatic heterocycles. The maximum absolute atomic E-state index is 11.6. The fourth-order valence-corrected chi connectivity index (χ4v) is 2.55. The van der Waals surface area contributed by atoms with E-state index in [9.17, 15) is 4.79 Å². The summed E-state index contributed by atoms with van der Waals surface area (Å²) in [5.41, 5.74) is 1.02. The molecule has 1 heterocycles. The Morgan fingerprint density at radius 3 is 2.57 bits per heavy atom. The molecule has 0 bridgehead atoms. The standard InChI is InChI=1S/C18H27N3O2/c1-15(2)23-17(22)11-12-19-18(21-13-7-4-8-14-21)20-16-9-5-3-6-10-16/h3,5-6,9-10,15H,4,7-8,11-14H2,1-2H3,(H,19,20). The van der Waals surface area contributed by atoms with E-state index in [0.29, 0.717) is 13.0 Å². The van der Waals surface area contributed by atoms with Gasteiger partial charge < -0.3 is 15.0 Å². The number of nitrogens with one attached hydrogen (secondary N) is 1. The SMILES string of the molecule is CC(C)OC(=O)CCN=C(Nc1ccccc1)N1CCCCC1. The Bertz CT molecular complexity index is 508. The van der Waals surface area contributed by atoms with E-state index in [0.717, 1.165) is 24.7 Å². The quantitative estimate of drug-likeness (QED) is 0.514. The molecule has 0 aromatic heterocycles. The summed E-state index contributed by atoms with van der Waals surface area (Å²) in [6.45, 7) is 6.18. The van der Waals surface area contributed by atoms with E-state index >= 15 is 0 Å². The second-order valence-electron chi connectivity index (χ2n) is 6.03. The number of aliphatic imine (C=N–C) groups is 1. The molecule has 2 rings (SSSR count). The molecule has 0 amide bonds. The van der Waals surface area contributed by atoms with Crippen LogP contribution in [0.3, 0.4) is 0 Å². The Balaban J connectivity index is 1.97. The highest BCUT2D eigenvalue weighted by atomic mass is 16.5. The van der Waals surface area contributed by atoms with E-state index in [2.05, 4.69) is 15.2 Å². The first kappa shape index (κ1) is 17.3. The lowest BCUT2D eigenvalue weighted by Crippen LogP contribution is -2.40. The number of para-hydroxylation sites is 1. The van der Waals surface area contributed by atoms with Crippen LogP contribution in [0, 0.1) is 0 Å². The van der Waals surface area contributed by atoms with Crippen LogP contribution in [0.4, 0.5) is 5.69 Å². The number of anilines is 1. The maximum Gasteiger partial charge on any atom is 0.307 e. The molecule has 0 radical (unpaired) electrons. The zero-order valence-corrected chi connectivity index (χ0v) is 14.1. The molecule has 126 valence electrons. The van der Waals surface area contributed by atoms with Crippen LogP contribution in [0.1, 0.15) is 39.5 Å². The van der Waals surface area contributed by atoms with Crippen molar-refractivity contribution in [1.29, 1.82) is 0 Å². The second kappa shape index (κ2) is 9.18. The largest absolute Gasteiger partial charge is 0.463 e. The van der Waals surface area contributed by atoms with Gasteiger partial charge in [0.15, 0.2) is 5.96 Å². The monoisotopic (exact) mass is 317 g/mol. The van der Waals surface area contributed by atoms with Gasteiger partial charge in [0.05, 0.1) is 19.1 Å². The molecule has 1 saturated heterocycles. The minimum Gasteiger partial charge on any atom is -0.463 e. The van der Waals surface area contributed by atoms with Crippen molar-refractivity contribution in [2.24, 2.45) is 4.99 Å². The normalized spacial score (nSPS) is 15.6. The molecule has 23 heavy (non-hydrogen) atoms. The molecular formula is C18H27N3O2. The Kier molecular flexibility index (Phi) is 6.91. The molecule has 1 N–H and O–H groups in total. The number of hydrogen-bond acceptors (Lipinski definition) is 3. The highest BCUT2D eigenvalue weighted by molar-refractivity contribution is 5.93. The number of nitrogens with zero attached hydrogens (tertiary/aromatic N) is 2. The van der Waals surface area contributed by atoms with Crippen molar-refractivity contribution < 1.29 is 9.53 Å². The van der Waals surface area contributed by atoms with Crippen LogP contribution >= 0.6 is 0 Å². The summed E-state index contributed by atoms with van der Waals surface area (Å²) >= 11 is 0. The Hall–Kier alpha value is -2.04. The molecule has 5 heteroatoms. The molecule has 1 fully saturated rings. The zero-order chi connectivity index (χ0) is 16.5. The third-order valence-corrected chi connectivity index (χ3v) is 3.63. The lowest BCUT2D eigenvalue weighted by Gasteiger charge is -2.30. The lowest BCUT2D eigenvalue weighted by molar-refractivity contribution is -0.147. The predicted octanol–water partition coefficient (Wildman–Crippen LogP) is 3.28. The molecule has 1 aromatic rings. The smallest absolute Gasteiger partial charge is 0.307 e. The minimum atomic E-state index is -0.193. The van der Waals surface area contributed by atoms with Gasteiger partial charge in [-0.25, -0.2) is 0 Å². The van der Waals surface area contributed by atoms with Crippen molar-refractivity contribution in [1.82, 2.24) is 4.90 Å². The number of rotatable bonds is 5. The second-order valence-corrected chi connectivity index (χ2v) is 6.03. The fraction of sp³-hybridized carbons (Fsp3) is 0.556. The summed E-state index contributed by atoms with van der Waals surface area (Å²) in [6.07, 6.45) is 3.88. The van der Waals surface area contributed by atoms with Gasteiger partial charge >= 0.3 is 5.97 Å². The summed E-state index contributed by atoms with van der Waals surface area (Å²) in [5.74, 6) is 0.662. The summed E-state index contributed by atoms with van der Waals surface area (Å²) < 4.78 is 5.15. The van der Waals surface area contributed by atoms with Gasteiger partial charge in [-0.1, -0.05) is 18.2 Å². The van der Waals surface area contributed by atoms with Crippen LogP contribution in [-0.4, -0.2) is 42.6 Å². The highest BCUT2D eigenvalue weighted by Crippen LogP contribution is 2.12. The van der Waals surface area contributed by atoms with Crippen molar-refractivity contribution in [3.63, 3.8) is 0 Å². The fourth-order valence-electron chi connectivity index (χ4n) is 2.55. The Morgan fingerprint density at radius 2 is 1.91 bits per heavy atom. The van der Waals surface area contributed by atoms with Crippen molar-refractivity contribution in [2.45, 2.75) is 45.6 Å². The van der Waals surface area contributed by atoms with Gasteiger partial charge in [0, 0.05) is 18.8 Å². The van der Waals surface area contributed by atoms with Crippen molar-refractivity contribution in [3.05, 3.63) is 30.3 Å². The number of piperidine rings is 1. The van der Waals surface area contributed by atoms with Crippen LogP contribution in [0.15, 0.2) is 35.3 Å². The van der Waals surface area contributed by atoms with Crippen LogP contribution in [0.25, 0.3) is 0 Å². The number of esters is 1. The van der Waals surface area contributed by atoms with E-state index < -0.39 is 0 Å². The van der Waals surface area contributed by atoms with E-state index in [-0.39, 0.29) is 12.1 Å². The molecule has 1 aromatic carbocycles. The summed E-state index contributed by atoms with van der Waals surface area (Å²) in [5, 5.41) is 3.39. The Labute approximate surface area is 138 Å². The zero-order valence-electron chi connectivity index (χ0n) is 14.1. The molecular weight excluding hydrogens is 290 g/mol. The summed E-state index contributed by atoms with van der Waals surface area (Å²) in [7, 11) is 0. The number of likely N-dealkylation sites (tertiary alicyclic amines) is 1. The molecule has 0 unspecified atom stereocenters. The minimum absolute atomic E-state index is 0.0736. The third kappa shape index (κ3) is 6.30. The molecule has 1 aliphatic rings. The van der Waals surface area contributed by atoms with Crippen LogP contribution in [0.2, 0.25) is 0 Å². The first-order valence-electron chi connectivity index (χ1n) is 8.46. The number of carbonyl (C=O) groups is 1. The van der Waals surface area contributed by atoms with Gasteiger partial charge in [0.25, 0.3) is 0 Å². The number of guanidine groups is 1. The summed E-state index contributed by atoms with van der Waals surface area (Å²) in [4.78, 5) is 18.5. The molecule has 0 atom stereocenters. The molecule has 0 saturated carbocycles. The van der Waals surface area contributed by atoms with E-state index in [4.69, 9.17) is 4.74 Å². The van der Waals surface area contributed by atoms with E-state index in [1.54, 1.807) is 0 Å². The molecule has 5 nitrogen and oxygen atoms in total. The van der Waals surface area contributed by atoms with Crippen LogP contribution in [-0.2, 0) is 9.53 Å². The first-order valence-corrected chi connectivity index (χ1v) is 8.46. The van der Waals surface area contributed by atoms with Gasteiger partial charge in [-0.2, -0.15) is 0 Å². The number of hydrogen-bond donors (Lipinski definition) is 1. The highest BCUT2D eigenvalue weighted by Gasteiger charge is 2.15. The van der Waals surface area contributed by atoms with Crippen molar-refractivity contribution >= 4 is 17.6 Å². The molecule has 0 aliphatic carbocycles. The average molecular weight is 317 g/mol. The number of benzene rings is 1. The van der Waals surface area contributed by atoms with Crippen molar-refractivity contribution in [3.8, 4) is 0 Å². The third-order valence-electron chi connectivity index (χ3n) is 3.63. The molecule has 0 spiro atoms. The van der Waals surface area contributed by atoms with Crippen LogP contribution < -0.4 is 5.32 Å². The first-order chi connectivity index (χ1) is 11.1. The summed E-state index contributed by atoms with van der Waals surface area (Å²) in [6, 6.07) is 10.0. The maximum atomic E-state index is 11.6. The predicted molar refractivity (Wildman–Crippen MR) is 93.6 cm³/mol. The van der Waals surface area contributed by atoms with Crippen LogP contribution in [0.5, 0.6) is 0 Å². The van der Waals surface area contributed by atoms with E-state index in [1.807, 2.05) is 44.2 Å².